The van der Waals surface area contributed by atoms with Crippen molar-refractivity contribution >= 4 is 5.91 Å². The number of nitrogens with two attached hydrogens (primary N) is 1. The van der Waals surface area contributed by atoms with Crippen LogP contribution in [-0.4, -0.2) is 16.9 Å². The van der Waals surface area contributed by atoms with E-state index in [0.29, 0.717) is 6.54 Å². The quantitative estimate of drug-likeness (QED) is 0.688. The van der Waals surface area contributed by atoms with Crippen molar-refractivity contribution in [3.63, 3.8) is 0 Å². The standard InChI is InChI=1S/C9H13N3O/c1-7(10)9(13)12-6-8-3-2-4-11-5-8/h2-5,7H,6,10H2,1H3,(H,12,13). The molecule has 1 aromatic rings. The van der Waals surface area contributed by atoms with Gasteiger partial charge in [-0.1, -0.05) is 6.07 Å². The van der Waals surface area contributed by atoms with Gasteiger partial charge in [-0.3, -0.25) is 9.78 Å². The highest BCUT2D eigenvalue weighted by molar-refractivity contribution is 5.80. The van der Waals surface area contributed by atoms with E-state index in [-0.39, 0.29) is 5.91 Å². The van der Waals surface area contributed by atoms with Crippen molar-refractivity contribution in [1.29, 1.82) is 0 Å². The number of carbonyl (C=O) groups is 1. The molecule has 1 unspecified atom stereocenters. The molecule has 0 saturated heterocycles. The minimum absolute atomic E-state index is 0.149. The number of pyridine rings is 1. The summed E-state index contributed by atoms with van der Waals surface area (Å²) in [7, 11) is 0. The van der Waals surface area contributed by atoms with Crippen molar-refractivity contribution in [3.8, 4) is 0 Å². The molecule has 4 nitrogen and oxygen atoms in total. The van der Waals surface area contributed by atoms with Crippen LogP contribution in [0, 0.1) is 0 Å². The Hall–Kier alpha value is -1.42. The van der Waals surface area contributed by atoms with Gasteiger partial charge < -0.3 is 11.1 Å². The summed E-state index contributed by atoms with van der Waals surface area (Å²) >= 11 is 0. The molecule has 4 heteroatoms. The zero-order valence-electron chi connectivity index (χ0n) is 7.53. The highest BCUT2D eigenvalue weighted by atomic mass is 16.2. The van der Waals surface area contributed by atoms with E-state index in [2.05, 4.69) is 10.3 Å². The lowest BCUT2D eigenvalue weighted by Gasteiger charge is -2.06. The fraction of sp³-hybridized carbons (Fsp3) is 0.333. The Balaban J connectivity index is 2.40. The summed E-state index contributed by atoms with van der Waals surface area (Å²) in [6.07, 6.45) is 3.40. The Morgan fingerprint density at radius 1 is 1.77 bits per heavy atom. The lowest BCUT2D eigenvalue weighted by Crippen LogP contribution is -2.37. The first-order valence-electron chi connectivity index (χ1n) is 4.12. The van der Waals surface area contributed by atoms with Gasteiger partial charge in [-0.2, -0.15) is 0 Å². The molecule has 0 fully saturated rings. The van der Waals surface area contributed by atoms with E-state index in [0.717, 1.165) is 5.56 Å². The Morgan fingerprint density at radius 2 is 2.54 bits per heavy atom. The summed E-state index contributed by atoms with van der Waals surface area (Å²) in [5.74, 6) is -0.149. The van der Waals surface area contributed by atoms with Crippen LogP contribution in [0.1, 0.15) is 12.5 Å². The van der Waals surface area contributed by atoms with E-state index in [1.54, 1.807) is 19.3 Å². The van der Waals surface area contributed by atoms with Gasteiger partial charge in [0.25, 0.3) is 0 Å². The summed E-state index contributed by atoms with van der Waals surface area (Å²) in [5, 5.41) is 2.69. The second kappa shape index (κ2) is 4.57. The van der Waals surface area contributed by atoms with Crippen molar-refractivity contribution in [2.24, 2.45) is 5.73 Å². The summed E-state index contributed by atoms with van der Waals surface area (Å²) in [6, 6.07) is 3.26. The highest BCUT2D eigenvalue weighted by Crippen LogP contribution is 1.94. The van der Waals surface area contributed by atoms with Gasteiger partial charge in [0, 0.05) is 18.9 Å². The maximum atomic E-state index is 11.1. The monoisotopic (exact) mass is 179 g/mol. The molecular weight excluding hydrogens is 166 g/mol. The van der Waals surface area contributed by atoms with Crippen LogP contribution in [0.3, 0.4) is 0 Å². The second-order valence-electron chi connectivity index (χ2n) is 2.87. The third-order valence-corrected chi connectivity index (χ3v) is 1.60. The van der Waals surface area contributed by atoms with Crippen LogP contribution < -0.4 is 11.1 Å². The Kier molecular flexibility index (Phi) is 3.40. The van der Waals surface area contributed by atoms with Crippen LogP contribution in [0.2, 0.25) is 0 Å². The maximum absolute atomic E-state index is 11.1. The smallest absolute Gasteiger partial charge is 0.236 e. The first-order chi connectivity index (χ1) is 6.20. The number of nitrogens with one attached hydrogen (secondary N) is 1. The van der Waals surface area contributed by atoms with Crippen LogP contribution in [0.15, 0.2) is 24.5 Å². The van der Waals surface area contributed by atoms with E-state index in [1.807, 2.05) is 12.1 Å². The summed E-state index contributed by atoms with van der Waals surface area (Å²) in [6.45, 7) is 2.13. The molecule has 0 bridgehead atoms. The highest BCUT2D eigenvalue weighted by Gasteiger charge is 2.05. The van der Waals surface area contributed by atoms with Gasteiger partial charge in [-0.05, 0) is 18.6 Å². The van der Waals surface area contributed by atoms with Crippen LogP contribution in [-0.2, 0) is 11.3 Å². The molecule has 0 aromatic carbocycles. The second-order valence-corrected chi connectivity index (χ2v) is 2.87. The van der Waals surface area contributed by atoms with E-state index >= 15 is 0 Å². The van der Waals surface area contributed by atoms with Crippen molar-refractivity contribution in [3.05, 3.63) is 30.1 Å². The molecular formula is C9H13N3O. The zero-order valence-corrected chi connectivity index (χ0v) is 7.53. The number of hydrogen-bond donors (Lipinski definition) is 2. The third-order valence-electron chi connectivity index (χ3n) is 1.60. The first kappa shape index (κ1) is 9.67. The fourth-order valence-electron chi connectivity index (χ4n) is 0.853. The average molecular weight is 179 g/mol. The fourth-order valence-corrected chi connectivity index (χ4v) is 0.853. The Morgan fingerprint density at radius 3 is 3.08 bits per heavy atom. The largest absolute Gasteiger partial charge is 0.351 e. The van der Waals surface area contributed by atoms with Crippen LogP contribution in [0.4, 0.5) is 0 Å². The molecule has 0 saturated carbocycles. The number of rotatable bonds is 3. The van der Waals surface area contributed by atoms with Gasteiger partial charge in [0.2, 0.25) is 5.91 Å². The normalized spacial score (nSPS) is 12.2. The van der Waals surface area contributed by atoms with Crippen LogP contribution >= 0.6 is 0 Å². The Labute approximate surface area is 77.2 Å². The van der Waals surface area contributed by atoms with Crippen molar-refractivity contribution in [2.75, 3.05) is 0 Å². The predicted molar refractivity (Wildman–Crippen MR) is 49.7 cm³/mol. The number of aromatic nitrogens is 1. The molecule has 1 heterocycles. The number of nitrogens with zero attached hydrogens (tertiary/aromatic N) is 1. The van der Waals surface area contributed by atoms with Crippen molar-refractivity contribution in [1.82, 2.24) is 10.3 Å². The Bertz CT molecular complexity index is 271. The topological polar surface area (TPSA) is 68.0 Å². The van der Waals surface area contributed by atoms with Gasteiger partial charge in [0.15, 0.2) is 0 Å². The minimum Gasteiger partial charge on any atom is -0.351 e. The molecule has 3 N–H and O–H groups in total. The molecule has 70 valence electrons. The van der Waals surface area contributed by atoms with Gasteiger partial charge in [0.05, 0.1) is 6.04 Å². The molecule has 0 aliphatic carbocycles. The molecule has 13 heavy (non-hydrogen) atoms. The van der Waals surface area contributed by atoms with E-state index < -0.39 is 6.04 Å². The third kappa shape index (κ3) is 3.21. The number of amides is 1. The minimum atomic E-state index is -0.461. The van der Waals surface area contributed by atoms with E-state index in [4.69, 9.17) is 5.73 Å². The van der Waals surface area contributed by atoms with Gasteiger partial charge in [0.1, 0.15) is 0 Å². The lowest BCUT2D eigenvalue weighted by atomic mass is 10.2. The first-order valence-corrected chi connectivity index (χ1v) is 4.12. The van der Waals surface area contributed by atoms with E-state index in [1.165, 1.54) is 0 Å². The molecule has 1 rings (SSSR count). The number of carbonyl (C=O) groups excluding carboxylic acids is 1. The summed E-state index contributed by atoms with van der Waals surface area (Å²) < 4.78 is 0. The molecule has 1 atom stereocenters. The molecule has 0 spiro atoms. The maximum Gasteiger partial charge on any atom is 0.236 e. The van der Waals surface area contributed by atoms with Gasteiger partial charge in [-0.25, -0.2) is 0 Å². The SMILES string of the molecule is CC(N)C(=O)NCc1cccnc1. The molecule has 1 amide bonds. The lowest BCUT2D eigenvalue weighted by molar-refractivity contribution is -0.122. The molecule has 0 aliphatic rings. The van der Waals surface area contributed by atoms with Crippen LogP contribution in [0.5, 0.6) is 0 Å². The zero-order chi connectivity index (χ0) is 9.68. The average Bonchev–Trinajstić information content (AvgIpc) is 2.15. The van der Waals surface area contributed by atoms with Gasteiger partial charge >= 0.3 is 0 Å². The molecule has 0 radical (unpaired) electrons. The summed E-state index contributed by atoms with van der Waals surface area (Å²) in [5.41, 5.74) is 6.34. The predicted octanol–water partition coefficient (Wildman–Crippen LogP) is 0.0450. The van der Waals surface area contributed by atoms with Crippen molar-refractivity contribution in [2.45, 2.75) is 19.5 Å². The van der Waals surface area contributed by atoms with Crippen molar-refractivity contribution < 1.29 is 4.79 Å². The summed E-state index contributed by atoms with van der Waals surface area (Å²) in [4.78, 5) is 15.0. The molecule has 1 aromatic heterocycles. The van der Waals surface area contributed by atoms with E-state index in [9.17, 15) is 4.79 Å². The molecule has 0 aliphatic heterocycles. The van der Waals surface area contributed by atoms with Crippen LogP contribution in [0.25, 0.3) is 0 Å². The number of hydrogen-bond acceptors (Lipinski definition) is 3. The van der Waals surface area contributed by atoms with Gasteiger partial charge in [-0.15, -0.1) is 0 Å².